The summed E-state index contributed by atoms with van der Waals surface area (Å²) in [6.07, 6.45) is 1.41. The Morgan fingerprint density at radius 1 is 1.32 bits per heavy atom. The number of hydrogen-bond donors (Lipinski definition) is 2. The van der Waals surface area contributed by atoms with Crippen molar-refractivity contribution in [2.24, 2.45) is 0 Å². The van der Waals surface area contributed by atoms with Gasteiger partial charge in [0.2, 0.25) is 0 Å². The molecule has 0 aliphatic rings. The minimum atomic E-state index is -0.317. The SMILES string of the molecule is Cc1cccc(C)c1NC(=O)c1cc(N)cnc1Cl. The first kappa shape index (κ1) is 13.4. The molecule has 1 heterocycles. The predicted octanol–water partition coefficient (Wildman–Crippen LogP) is 3.19. The number of pyridine rings is 1. The van der Waals surface area contributed by atoms with Crippen molar-refractivity contribution in [3.05, 3.63) is 52.3 Å². The van der Waals surface area contributed by atoms with Crippen LogP contribution in [0.3, 0.4) is 0 Å². The van der Waals surface area contributed by atoms with E-state index in [9.17, 15) is 4.79 Å². The minimum absolute atomic E-state index is 0.137. The lowest BCUT2D eigenvalue weighted by atomic mass is 10.1. The van der Waals surface area contributed by atoms with Gasteiger partial charge in [0.15, 0.2) is 0 Å². The summed E-state index contributed by atoms with van der Waals surface area (Å²) in [5, 5.41) is 2.98. The summed E-state index contributed by atoms with van der Waals surface area (Å²) in [7, 11) is 0. The van der Waals surface area contributed by atoms with Crippen molar-refractivity contribution < 1.29 is 4.79 Å². The second kappa shape index (κ2) is 5.28. The molecule has 0 fully saturated rings. The van der Waals surface area contributed by atoms with Crippen LogP contribution in [0.15, 0.2) is 30.5 Å². The Balaban J connectivity index is 2.34. The summed E-state index contributed by atoms with van der Waals surface area (Å²) < 4.78 is 0. The van der Waals surface area contributed by atoms with Crippen LogP contribution in [0.1, 0.15) is 21.5 Å². The molecule has 0 aliphatic carbocycles. The molecule has 0 bridgehead atoms. The summed E-state index contributed by atoms with van der Waals surface area (Å²) in [4.78, 5) is 16.1. The Morgan fingerprint density at radius 3 is 2.58 bits per heavy atom. The third-order valence-electron chi connectivity index (χ3n) is 2.82. The Morgan fingerprint density at radius 2 is 1.95 bits per heavy atom. The molecule has 1 aromatic carbocycles. The fourth-order valence-corrected chi connectivity index (χ4v) is 2.01. The number of hydrogen-bond acceptors (Lipinski definition) is 3. The molecule has 19 heavy (non-hydrogen) atoms. The molecule has 1 amide bonds. The van der Waals surface area contributed by atoms with Crippen molar-refractivity contribution >= 4 is 28.9 Å². The van der Waals surface area contributed by atoms with Crippen molar-refractivity contribution in [2.75, 3.05) is 11.1 Å². The summed E-state index contributed by atoms with van der Waals surface area (Å²) in [5.41, 5.74) is 9.04. The first-order chi connectivity index (χ1) is 8.99. The molecule has 3 N–H and O–H groups in total. The normalized spacial score (nSPS) is 10.3. The van der Waals surface area contributed by atoms with Crippen LogP contribution < -0.4 is 11.1 Å². The van der Waals surface area contributed by atoms with E-state index in [1.165, 1.54) is 12.3 Å². The van der Waals surface area contributed by atoms with E-state index in [4.69, 9.17) is 17.3 Å². The monoisotopic (exact) mass is 275 g/mol. The first-order valence-electron chi connectivity index (χ1n) is 5.77. The van der Waals surface area contributed by atoms with Gasteiger partial charge in [-0.15, -0.1) is 0 Å². The van der Waals surface area contributed by atoms with E-state index in [0.29, 0.717) is 5.69 Å². The van der Waals surface area contributed by atoms with E-state index >= 15 is 0 Å². The Labute approximate surface area is 116 Å². The molecule has 0 aliphatic heterocycles. The zero-order valence-corrected chi connectivity index (χ0v) is 11.5. The highest BCUT2D eigenvalue weighted by Gasteiger charge is 2.14. The maximum atomic E-state index is 12.2. The molecule has 0 saturated carbocycles. The number of benzene rings is 1. The van der Waals surface area contributed by atoms with Gasteiger partial charge in [-0.1, -0.05) is 29.8 Å². The van der Waals surface area contributed by atoms with Crippen LogP contribution in [0.25, 0.3) is 0 Å². The second-order valence-electron chi connectivity index (χ2n) is 4.33. The standard InChI is InChI=1S/C14H14ClN3O/c1-8-4-3-5-9(2)12(8)18-14(19)11-6-10(16)7-17-13(11)15/h3-7H,16H2,1-2H3,(H,18,19). The number of para-hydroxylation sites is 1. The third kappa shape index (κ3) is 2.85. The molecule has 0 radical (unpaired) electrons. The zero-order chi connectivity index (χ0) is 14.0. The van der Waals surface area contributed by atoms with E-state index < -0.39 is 0 Å². The number of aromatic nitrogens is 1. The van der Waals surface area contributed by atoms with Crippen LogP contribution in [0.2, 0.25) is 5.15 Å². The van der Waals surface area contributed by atoms with Gasteiger partial charge in [-0.25, -0.2) is 4.98 Å². The number of nitrogen functional groups attached to an aromatic ring is 1. The largest absolute Gasteiger partial charge is 0.397 e. The smallest absolute Gasteiger partial charge is 0.258 e. The molecular formula is C14H14ClN3O. The predicted molar refractivity (Wildman–Crippen MR) is 77.5 cm³/mol. The van der Waals surface area contributed by atoms with Gasteiger partial charge in [-0.05, 0) is 31.0 Å². The van der Waals surface area contributed by atoms with Crippen molar-refractivity contribution in [3.63, 3.8) is 0 Å². The summed E-state index contributed by atoms with van der Waals surface area (Å²) >= 11 is 5.91. The van der Waals surface area contributed by atoms with E-state index in [-0.39, 0.29) is 16.6 Å². The summed E-state index contributed by atoms with van der Waals surface area (Å²) in [5.74, 6) is -0.317. The third-order valence-corrected chi connectivity index (χ3v) is 3.13. The number of amides is 1. The molecule has 98 valence electrons. The number of carbonyl (C=O) groups excluding carboxylic acids is 1. The van der Waals surface area contributed by atoms with Gasteiger partial charge in [0, 0.05) is 5.69 Å². The van der Waals surface area contributed by atoms with Crippen LogP contribution in [-0.2, 0) is 0 Å². The number of nitrogens with one attached hydrogen (secondary N) is 1. The number of halogens is 1. The molecular weight excluding hydrogens is 262 g/mol. The molecule has 0 saturated heterocycles. The maximum absolute atomic E-state index is 12.2. The van der Waals surface area contributed by atoms with Crippen LogP contribution in [0.4, 0.5) is 11.4 Å². The molecule has 0 spiro atoms. The van der Waals surface area contributed by atoms with Crippen molar-refractivity contribution in [2.45, 2.75) is 13.8 Å². The number of carbonyl (C=O) groups is 1. The van der Waals surface area contributed by atoms with Gasteiger partial charge in [0.1, 0.15) is 5.15 Å². The lowest BCUT2D eigenvalue weighted by Crippen LogP contribution is -2.15. The lowest BCUT2D eigenvalue weighted by Gasteiger charge is -2.12. The number of aryl methyl sites for hydroxylation is 2. The molecule has 4 nitrogen and oxygen atoms in total. The lowest BCUT2D eigenvalue weighted by molar-refractivity contribution is 0.102. The number of nitrogens with two attached hydrogens (primary N) is 1. The zero-order valence-electron chi connectivity index (χ0n) is 10.7. The molecule has 0 unspecified atom stereocenters. The van der Waals surface area contributed by atoms with Gasteiger partial charge in [-0.2, -0.15) is 0 Å². The van der Waals surface area contributed by atoms with E-state index in [0.717, 1.165) is 16.8 Å². The van der Waals surface area contributed by atoms with Crippen molar-refractivity contribution in [3.8, 4) is 0 Å². The fourth-order valence-electron chi connectivity index (χ4n) is 1.82. The van der Waals surface area contributed by atoms with Gasteiger partial charge >= 0.3 is 0 Å². The molecule has 1 aromatic heterocycles. The van der Waals surface area contributed by atoms with Gasteiger partial charge in [-0.3, -0.25) is 4.79 Å². The van der Waals surface area contributed by atoms with Gasteiger partial charge in [0.25, 0.3) is 5.91 Å². The molecule has 2 aromatic rings. The average molecular weight is 276 g/mol. The quantitative estimate of drug-likeness (QED) is 0.827. The average Bonchev–Trinajstić information content (AvgIpc) is 2.37. The summed E-state index contributed by atoms with van der Waals surface area (Å²) in [6.45, 7) is 3.86. The topological polar surface area (TPSA) is 68.0 Å². The molecule has 2 rings (SSSR count). The van der Waals surface area contributed by atoms with Crippen molar-refractivity contribution in [1.82, 2.24) is 4.98 Å². The van der Waals surface area contributed by atoms with E-state index in [1.807, 2.05) is 32.0 Å². The van der Waals surface area contributed by atoms with Crippen molar-refractivity contribution in [1.29, 1.82) is 0 Å². The van der Waals surface area contributed by atoms with E-state index in [2.05, 4.69) is 10.3 Å². The minimum Gasteiger partial charge on any atom is -0.397 e. The highest BCUT2D eigenvalue weighted by Crippen LogP contribution is 2.22. The van der Waals surface area contributed by atoms with E-state index in [1.54, 1.807) is 0 Å². The summed E-state index contributed by atoms with van der Waals surface area (Å²) in [6, 6.07) is 7.32. The van der Waals surface area contributed by atoms with Crippen LogP contribution in [0.5, 0.6) is 0 Å². The van der Waals surface area contributed by atoms with Gasteiger partial charge in [0.05, 0.1) is 17.4 Å². The van der Waals surface area contributed by atoms with Crippen LogP contribution in [-0.4, -0.2) is 10.9 Å². The highest BCUT2D eigenvalue weighted by atomic mass is 35.5. The fraction of sp³-hybridized carbons (Fsp3) is 0.143. The number of anilines is 2. The molecule has 5 heteroatoms. The highest BCUT2D eigenvalue weighted by molar-refractivity contribution is 6.33. The Hall–Kier alpha value is -2.07. The first-order valence-corrected chi connectivity index (χ1v) is 6.15. The van der Waals surface area contributed by atoms with Gasteiger partial charge < -0.3 is 11.1 Å². The number of nitrogens with zero attached hydrogens (tertiary/aromatic N) is 1. The number of rotatable bonds is 2. The van der Waals surface area contributed by atoms with Crippen LogP contribution in [0, 0.1) is 13.8 Å². The van der Waals surface area contributed by atoms with Crippen LogP contribution >= 0.6 is 11.6 Å². The Bertz CT molecular complexity index is 620. The molecule has 0 atom stereocenters. The second-order valence-corrected chi connectivity index (χ2v) is 4.69. The maximum Gasteiger partial charge on any atom is 0.258 e. The Kier molecular flexibility index (Phi) is 3.71.